The number of aliphatic hydroxyl groups excluding tert-OH is 1. The molecule has 2 heterocycles. The summed E-state index contributed by atoms with van der Waals surface area (Å²) in [5, 5.41) is 10.6. The molecule has 0 radical (unpaired) electrons. The molecule has 3 rings (SSSR count). The number of hydrogen-bond acceptors (Lipinski definition) is 3. The summed E-state index contributed by atoms with van der Waals surface area (Å²) in [6, 6.07) is 7.85. The summed E-state index contributed by atoms with van der Waals surface area (Å²) in [7, 11) is 2.27. The zero-order valence-corrected chi connectivity index (χ0v) is 13.5. The van der Waals surface area contributed by atoms with Crippen LogP contribution in [0, 0.1) is 13.8 Å². The van der Waals surface area contributed by atoms with Crippen LogP contribution in [0.25, 0.3) is 0 Å². The Morgan fingerprint density at radius 3 is 2.48 bits per heavy atom. The van der Waals surface area contributed by atoms with Crippen LogP contribution in [-0.2, 0) is 0 Å². The Bertz CT molecular complexity index is 482. The lowest BCUT2D eigenvalue weighted by Crippen LogP contribution is -2.38. The first-order chi connectivity index (χ1) is 10.0. The van der Waals surface area contributed by atoms with Gasteiger partial charge in [-0.15, -0.1) is 0 Å². The maximum atomic E-state index is 10.6. The lowest BCUT2D eigenvalue weighted by atomic mass is 10.0. The molecule has 2 fully saturated rings. The molecule has 21 heavy (non-hydrogen) atoms. The Kier molecular flexibility index (Phi) is 4.34. The van der Waals surface area contributed by atoms with E-state index in [9.17, 15) is 5.11 Å². The number of benzene rings is 1. The topological polar surface area (TPSA) is 26.7 Å². The molecule has 1 N–H and O–H groups in total. The number of aryl methyl sites for hydroxylation is 2. The first-order valence-corrected chi connectivity index (χ1v) is 8.23. The Balaban J connectivity index is 1.66. The van der Waals surface area contributed by atoms with E-state index in [1.165, 1.54) is 30.4 Å². The molecule has 0 aliphatic carbocycles. The van der Waals surface area contributed by atoms with Gasteiger partial charge in [0.2, 0.25) is 0 Å². The minimum Gasteiger partial charge on any atom is -0.387 e. The molecule has 1 aromatic carbocycles. The average Bonchev–Trinajstić information content (AvgIpc) is 2.66. The lowest BCUT2D eigenvalue weighted by molar-refractivity contribution is 0.107. The predicted molar refractivity (Wildman–Crippen MR) is 86.5 cm³/mol. The molecule has 0 spiro atoms. The normalized spacial score (nSPS) is 28.6. The highest BCUT2D eigenvalue weighted by Crippen LogP contribution is 2.29. The second kappa shape index (κ2) is 6.07. The third-order valence-corrected chi connectivity index (χ3v) is 5.29. The molecule has 0 amide bonds. The van der Waals surface area contributed by atoms with Crippen LogP contribution in [0.15, 0.2) is 18.2 Å². The van der Waals surface area contributed by atoms with Gasteiger partial charge >= 0.3 is 0 Å². The monoisotopic (exact) mass is 288 g/mol. The fraction of sp³-hybridized carbons (Fsp3) is 0.667. The van der Waals surface area contributed by atoms with Crippen molar-refractivity contribution < 1.29 is 5.11 Å². The molecular formula is C18H28N2O. The maximum absolute atomic E-state index is 10.6. The first kappa shape index (κ1) is 15.0. The number of rotatable bonds is 3. The second-order valence-corrected chi connectivity index (χ2v) is 7.04. The fourth-order valence-corrected chi connectivity index (χ4v) is 4.10. The number of fused-ring (bicyclic) bond motifs is 2. The summed E-state index contributed by atoms with van der Waals surface area (Å²) in [6.45, 7) is 7.19. The van der Waals surface area contributed by atoms with Gasteiger partial charge in [-0.1, -0.05) is 29.3 Å². The quantitative estimate of drug-likeness (QED) is 0.926. The Morgan fingerprint density at radius 1 is 1.10 bits per heavy atom. The highest BCUT2D eigenvalue weighted by Gasteiger charge is 2.34. The molecule has 2 aliphatic rings. The molecule has 2 bridgehead atoms. The van der Waals surface area contributed by atoms with E-state index in [0.717, 1.165) is 31.2 Å². The van der Waals surface area contributed by atoms with Gasteiger partial charge in [0.25, 0.3) is 0 Å². The second-order valence-electron chi connectivity index (χ2n) is 7.04. The third-order valence-electron chi connectivity index (χ3n) is 5.29. The maximum Gasteiger partial charge on any atom is 0.0917 e. The van der Waals surface area contributed by atoms with E-state index < -0.39 is 0 Å². The van der Waals surface area contributed by atoms with Gasteiger partial charge < -0.3 is 5.11 Å². The molecule has 0 saturated carbocycles. The Labute approximate surface area is 128 Å². The lowest BCUT2D eigenvalue weighted by Gasteiger charge is -2.27. The van der Waals surface area contributed by atoms with Crippen molar-refractivity contribution in [1.29, 1.82) is 0 Å². The molecule has 0 aromatic heterocycles. The minimum absolute atomic E-state index is 0.370. The summed E-state index contributed by atoms with van der Waals surface area (Å²) < 4.78 is 0. The number of hydrogen-bond donors (Lipinski definition) is 1. The van der Waals surface area contributed by atoms with Gasteiger partial charge in [-0.3, -0.25) is 9.80 Å². The third kappa shape index (κ3) is 3.31. The van der Waals surface area contributed by atoms with Gasteiger partial charge in [0.05, 0.1) is 6.10 Å². The van der Waals surface area contributed by atoms with E-state index in [-0.39, 0.29) is 6.10 Å². The molecule has 2 saturated heterocycles. The van der Waals surface area contributed by atoms with Crippen LogP contribution in [0.3, 0.4) is 0 Å². The summed E-state index contributed by atoms with van der Waals surface area (Å²) in [5.41, 5.74) is 3.53. The van der Waals surface area contributed by atoms with E-state index in [1.807, 2.05) is 0 Å². The molecule has 3 heteroatoms. The van der Waals surface area contributed by atoms with E-state index in [1.54, 1.807) is 0 Å². The summed E-state index contributed by atoms with van der Waals surface area (Å²) in [4.78, 5) is 5.02. The number of likely N-dealkylation sites (N-methyl/N-ethyl adjacent to an activating group) is 1. The van der Waals surface area contributed by atoms with Crippen molar-refractivity contribution >= 4 is 0 Å². The summed E-state index contributed by atoms with van der Waals surface area (Å²) in [6.07, 6.45) is 3.55. The summed E-state index contributed by atoms with van der Waals surface area (Å²) in [5.74, 6) is 0. The molecular weight excluding hydrogens is 260 g/mol. The van der Waals surface area contributed by atoms with Crippen molar-refractivity contribution in [2.24, 2.45) is 0 Å². The largest absolute Gasteiger partial charge is 0.387 e. The number of nitrogens with zero attached hydrogens (tertiary/aromatic N) is 2. The molecule has 116 valence electrons. The van der Waals surface area contributed by atoms with E-state index in [0.29, 0.717) is 6.04 Å². The number of likely N-dealkylation sites (tertiary alicyclic amines) is 1. The van der Waals surface area contributed by atoms with Gasteiger partial charge in [-0.05, 0) is 52.3 Å². The van der Waals surface area contributed by atoms with Crippen molar-refractivity contribution in [3.05, 3.63) is 34.9 Å². The predicted octanol–water partition coefficient (Wildman–Crippen LogP) is 2.51. The van der Waals surface area contributed by atoms with Crippen molar-refractivity contribution in [1.82, 2.24) is 9.80 Å². The van der Waals surface area contributed by atoms with E-state index in [2.05, 4.69) is 48.9 Å². The highest BCUT2D eigenvalue weighted by atomic mass is 16.3. The first-order valence-electron chi connectivity index (χ1n) is 8.23. The molecule has 3 nitrogen and oxygen atoms in total. The zero-order chi connectivity index (χ0) is 15.0. The number of β-amino-alcohol motifs (C(OH)–C–C–N with tert-alkyl or cyclic N) is 1. The highest BCUT2D eigenvalue weighted by molar-refractivity contribution is 5.30. The van der Waals surface area contributed by atoms with Gasteiger partial charge in [0, 0.05) is 25.2 Å². The smallest absolute Gasteiger partial charge is 0.0917 e. The van der Waals surface area contributed by atoms with E-state index >= 15 is 0 Å². The van der Waals surface area contributed by atoms with Gasteiger partial charge in [0.15, 0.2) is 0 Å². The number of aliphatic hydroxyl groups is 1. The van der Waals surface area contributed by atoms with Crippen LogP contribution in [0.5, 0.6) is 0 Å². The van der Waals surface area contributed by atoms with Crippen LogP contribution in [0.4, 0.5) is 0 Å². The minimum atomic E-state index is -0.370. The van der Waals surface area contributed by atoms with Crippen molar-refractivity contribution in [2.75, 3.05) is 26.7 Å². The molecule has 2 aliphatic heterocycles. The fourth-order valence-electron chi connectivity index (χ4n) is 4.10. The average molecular weight is 288 g/mol. The van der Waals surface area contributed by atoms with Crippen LogP contribution in [0.2, 0.25) is 0 Å². The SMILES string of the molecule is Cc1cc(C)cc(C(O)CN2CCC3CCC(C2)N3C)c1. The van der Waals surface area contributed by atoms with Gasteiger partial charge in [-0.2, -0.15) is 0 Å². The van der Waals surface area contributed by atoms with Gasteiger partial charge in [0.1, 0.15) is 0 Å². The van der Waals surface area contributed by atoms with Crippen LogP contribution in [-0.4, -0.2) is 53.7 Å². The zero-order valence-electron chi connectivity index (χ0n) is 13.5. The van der Waals surface area contributed by atoms with Crippen molar-refractivity contribution in [3.63, 3.8) is 0 Å². The Hall–Kier alpha value is -0.900. The molecule has 3 atom stereocenters. The van der Waals surface area contributed by atoms with Gasteiger partial charge in [-0.25, -0.2) is 0 Å². The van der Waals surface area contributed by atoms with Crippen molar-refractivity contribution in [3.8, 4) is 0 Å². The van der Waals surface area contributed by atoms with Crippen molar-refractivity contribution in [2.45, 2.75) is 51.3 Å². The van der Waals surface area contributed by atoms with Crippen LogP contribution in [0.1, 0.15) is 42.1 Å². The summed E-state index contributed by atoms with van der Waals surface area (Å²) >= 11 is 0. The Morgan fingerprint density at radius 2 is 1.76 bits per heavy atom. The van der Waals surface area contributed by atoms with Crippen LogP contribution < -0.4 is 0 Å². The van der Waals surface area contributed by atoms with Crippen LogP contribution >= 0.6 is 0 Å². The molecule has 1 aromatic rings. The van der Waals surface area contributed by atoms with E-state index in [4.69, 9.17) is 0 Å². The standard InChI is InChI=1S/C18H28N2O/c1-13-8-14(2)10-15(9-13)18(21)12-20-7-6-16-4-5-17(11-20)19(16)3/h8-10,16-18,21H,4-7,11-12H2,1-3H3. The molecule has 3 unspecified atom stereocenters.